The summed E-state index contributed by atoms with van der Waals surface area (Å²) in [5.74, 6) is -2.12. The van der Waals surface area contributed by atoms with E-state index in [-0.39, 0.29) is 35.8 Å². The Kier molecular flexibility index (Phi) is 8.55. The van der Waals surface area contributed by atoms with Gasteiger partial charge in [0.15, 0.2) is 18.2 Å². The lowest BCUT2D eigenvalue weighted by molar-refractivity contribution is -0.305. The van der Waals surface area contributed by atoms with Gasteiger partial charge in [-0.1, -0.05) is 37.2 Å². The molecule has 0 bridgehead atoms. The summed E-state index contributed by atoms with van der Waals surface area (Å²) in [6.45, 7) is -4.34. The average molecular weight is 539 g/mol. The first kappa shape index (κ1) is 22.9. The summed E-state index contributed by atoms with van der Waals surface area (Å²) in [6.07, 6.45) is -12.9. The summed E-state index contributed by atoms with van der Waals surface area (Å²) in [6, 6.07) is 13.1. The molecule has 208 valence electrons. The molecule has 0 aromatic heterocycles. The van der Waals surface area contributed by atoms with Crippen molar-refractivity contribution in [2.45, 2.75) is 62.9 Å². The number of phenols is 1. The number of hydrogen-bond acceptors (Lipinski definition) is 10. The van der Waals surface area contributed by atoms with Crippen LogP contribution in [-0.4, -0.2) is 93.8 Å². The minimum absolute atomic E-state index is 0.0475. The summed E-state index contributed by atoms with van der Waals surface area (Å²) in [5.41, 5.74) is 0.979. The number of rotatable bonds is 14. The van der Waals surface area contributed by atoms with Crippen molar-refractivity contribution >= 4 is 11.8 Å². The van der Waals surface area contributed by atoms with Crippen LogP contribution >= 0.6 is 0 Å². The third kappa shape index (κ3) is 7.97. The second kappa shape index (κ2) is 14.2. The molecule has 11 nitrogen and oxygen atoms in total. The number of carboxylic acids is 1. The maximum Gasteiger partial charge on any atom is 0.335 e. The quantitative estimate of drug-likeness (QED) is 0.188. The molecule has 2 aromatic rings. The van der Waals surface area contributed by atoms with Crippen molar-refractivity contribution in [3.63, 3.8) is 0 Å². The highest BCUT2D eigenvalue weighted by atomic mass is 16.7. The van der Waals surface area contributed by atoms with Crippen molar-refractivity contribution in [2.75, 3.05) is 19.7 Å². The van der Waals surface area contributed by atoms with Crippen LogP contribution in [0.4, 0.5) is 0 Å². The Morgan fingerprint density at radius 2 is 1.89 bits per heavy atom. The van der Waals surface area contributed by atoms with E-state index in [0.717, 1.165) is 5.56 Å². The van der Waals surface area contributed by atoms with Gasteiger partial charge in [0, 0.05) is 19.8 Å². The lowest BCUT2D eigenvalue weighted by atomic mass is 9.99. The molecule has 1 heterocycles. The Hall–Kier alpha value is -3.06. The van der Waals surface area contributed by atoms with E-state index in [2.05, 4.69) is 5.32 Å². The lowest BCUT2D eigenvalue weighted by Gasteiger charge is -2.39. The van der Waals surface area contributed by atoms with Gasteiger partial charge in [-0.05, 0) is 43.1 Å². The second-order valence-corrected chi connectivity index (χ2v) is 8.70. The van der Waals surface area contributed by atoms with Gasteiger partial charge in [0.25, 0.3) is 0 Å². The van der Waals surface area contributed by atoms with E-state index in [1.807, 2.05) is 30.3 Å². The number of benzene rings is 2. The first-order valence-electron chi connectivity index (χ1n) is 14.4. The van der Waals surface area contributed by atoms with Crippen LogP contribution in [-0.2, 0) is 20.7 Å². The van der Waals surface area contributed by atoms with Crippen LogP contribution in [0.2, 0.25) is 0 Å². The largest absolute Gasteiger partial charge is 0.508 e. The number of aliphatic hydroxyl groups excluding tert-OH is 3. The minimum atomic E-state index is -2.95. The summed E-state index contributed by atoms with van der Waals surface area (Å²) >= 11 is 0. The fourth-order valence-electron chi connectivity index (χ4n) is 3.88. The molecule has 11 heteroatoms. The van der Waals surface area contributed by atoms with Gasteiger partial charge in [-0.3, -0.25) is 4.79 Å². The zero-order valence-corrected chi connectivity index (χ0v) is 20.4. The molecular weight excluding hydrogens is 498 g/mol. The number of aryl methyl sites for hydroxylation is 1. The molecule has 0 spiro atoms. The standard InChI is InChI=1S/C27H35NO10/c1-2-12-28-14-18(37-27-24(33)22(31)23(32)25(38-27)26(34)35)15-36-21-11-9-17(29)13-19(21)20(30)10-8-16-6-4-3-5-7-16/h3-7,9,11,13,18,22-25,27-29,31-33H,2,8,10,12,14-15H2,1H3,(H,34,35)/t18?,22?,23-,24-,25?,27+/m0/s1/i1D3,2D2. The number of aliphatic carboxylic acids is 1. The number of carboxylic acid groups (broad SMARTS) is 1. The normalized spacial score (nSPS) is 26.7. The molecule has 0 saturated carbocycles. The van der Waals surface area contributed by atoms with Crippen molar-refractivity contribution in [3.05, 3.63) is 59.7 Å². The van der Waals surface area contributed by atoms with Gasteiger partial charge >= 0.3 is 5.97 Å². The van der Waals surface area contributed by atoms with Crippen LogP contribution in [0.25, 0.3) is 0 Å². The second-order valence-electron chi connectivity index (χ2n) is 8.70. The van der Waals surface area contributed by atoms with Crippen LogP contribution < -0.4 is 10.1 Å². The number of carbonyl (C=O) groups is 2. The minimum Gasteiger partial charge on any atom is -0.508 e. The maximum absolute atomic E-state index is 13.0. The first-order valence-corrected chi connectivity index (χ1v) is 11.9. The van der Waals surface area contributed by atoms with Crippen molar-refractivity contribution in [1.29, 1.82) is 0 Å². The molecule has 0 aliphatic carbocycles. The average Bonchev–Trinajstić information content (AvgIpc) is 2.94. The van der Waals surface area contributed by atoms with E-state index in [9.17, 15) is 35.1 Å². The van der Waals surface area contributed by atoms with Gasteiger partial charge in [0.2, 0.25) is 0 Å². The highest BCUT2D eigenvalue weighted by Gasteiger charge is 2.48. The van der Waals surface area contributed by atoms with E-state index in [4.69, 9.17) is 21.1 Å². The molecule has 3 rings (SSSR count). The molecule has 0 amide bonds. The van der Waals surface area contributed by atoms with Crippen LogP contribution in [0.15, 0.2) is 48.5 Å². The number of nitrogens with one attached hydrogen (secondary N) is 1. The fraction of sp³-hybridized carbons (Fsp3) is 0.481. The van der Waals surface area contributed by atoms with Crippen molar-refractivity contribution < 1.29 is 56.2 Å². The third-order valence-corrected chi connectivity index (χ3v) is 5.90. The molecule has 3 unspecified atom stereocenters. The van der Waals surface area contributed by atoms with Gasteiger partial charge in [0.05, 0.1) is 5.56 Å². The van der Waals surface area contributed by atoms with Crippen molar-refractivity contribution in [3.8, 4) is 11.5 Å². The fourth-order valence-corrected chi connectivity index (χ4v) is 3.88. The molecule has 1 aliphatic heterocycles. The monoisotopic (exact) mass is 538 g/mol. The SMILES string of the molecule is [2H]C([2H])([2H])C([2H])([2H])CNCC(COc1ccc(O)cc1C(=O)CCc1ccccc1)O[C@@H]1OC(C(=O)O)[C@@H](O)C(O)[C@@H]1O. The molecule has 6 N–H and O–H groups in total. The number of aromatic hydroxyl groups is 1. The van der Waals surface area contributed by atoms with E-state index in [1.54, 1.807) is 0 Å². The Labute approximate surface area is 227 Å². The van der Waals surface area contributed by atoms with E-state index < -0.39 is 69.2 Å². The van der Waals surface area contributed by atoms with Gasteiger partial charge in [-0.15, -0.1) is 0 Å². The zero-order chi connectivity index (χ0) is 31.9. The van der Waals surface area contributed by atoms with E-state index in [1.165, 1.54) is 18.2 Å². The van der Waals surface area contributed by atoms with Crippen LogP contribution in [0.3, 0.4) is 0 Å². The van der Waals surface area contributed by atoms with Crippen molar-refractivity contribution in [2.24, 2.45) is 0 Å². The molecule has 38 heavy (non-hydrogen) atoms. The number of Topliss-reactive ketones (excluding diaryl/α,β-unsaturated/α-hetero) is 1. The van der Waals surface area contributed by atoms with Gasteiger partial charge in [-0.25, -0.2) is 4.79 Å². The molecular formula is C27H35NO10. The number of ether oxygens (including phenoxy) is 3. The molecule has 6 atom stereocenters. The predicted octanol–water partition coefficient (Wildman–Crippen LogP) is 0.863. The Morgan fingerprint density at radius 1 is 1.13 bits per heavy atom. The van der Waals surface area contributed by atoms with Crippen LogP contribution in [0.5, 0.6) is 11.5 Å². The summed E-state index contributed by atoms with van der Waals surface area (Å²) < 4.78 is 54.3. The highest BCUT2D eigenvalue weighted by molar-refractivity contribution is 5.99. The number of carbonyl (C=O) groups excluding carboxylic acids is 1. The Bertz CT molecular complexity index is 1230. The summed E-state index contributed by atoms with van der Waals surface area (Å²) in [5, 5.41) is 52.4. The van der Waals surface area contributed by atoms with Crippen LogP contribution in [0, 0.1) is 0 Å². The molecule has 1 aliphatic rings. The van der Waals surface area contributed by atoms with Crippen molar-refractivity contribution in [1.82, 2.24) is 5.32 Å². The van der Waals surface area contributed by atoms with E-state index >= 15 is 0 Å². The van der Waals surface area contributed by atoms with Gasteiger partial charge < -0.3 is 45.1 Å². The summed E-state index contributed by atoms with van der Waals surface area (Å²) in [4.78, 5) is 24.5. The number of ketones is 1. The molecule has 2 aromatic carbocycles. The lowest BCUT2D eigenvalue weighted by Crippen LogP contribution is -2.61. The smallest absolute Gasteiger partial charge is 0.335 e. The van der Waals surface area contributed by atoms with Crippen LogP contribution in [0.1, 0.15) is 42.4 Å². The zero-order valence-electron chi connectivity index (χ0n) is 25.4. The summed E-state index contributed by atoms with van der Waals surface area (Å²) in [7, 11) is 0. The van der Waals surface area contributed by atoms with E-state index in [0.29, 0.717) is 6.42 Å². The highest BCUT2D eigenvalue weighted by Crippen LogP contribution is 2.27. The number of hydrogen-bond donors (Lipinski definition) is 6. The molecule has 1 saturated heterocycles. The topological polar surface area (TPSA) is 175 Å². The van der Waals surface area contributed by atoms with Gasteiger partial charge in [0.1, 0.15) is 42.5 Å². The number of phenolic OH excluding ortho intramolecular Hbond substituents is 1. The first-order chi connectivity index (χ1) is 20.1. The maximum atomic E-state index is 13.0. The Balaban J connectivity index is 1.77. The third-order valence-electron chi connectivity index (χ3n) is 5.90. The molecule has 1 fully saturated rings. The molecule has 0 radical (unpaired) electrons. The van der Waals surface area contributed by atoms with Gasteiger partial charge in [-0.2, -0.15) is 0 Å². The number of aliphatic hydroxyl groups is 3. The Morgan fingerprint density at radius 3 is 2.61 bits per heavy atom. The predicted molar refractivity (Wildman–Crippen MR) is 135 cm³/mol.